The fourth-order valence-corrected chi connectivity index (χ4v) is 1.91. The predicted molar refractivity (Wildman–Crippen MR) is 41.0 cm³/mol. The number of rotatable bonds is 0. The number of esters is 1. The fraction of sp³-hybridized carbons (Fsp3) is 0.667. The van der Waals surface area contributed by atoms with Crippen molar-refractivity contribution in [1.82, 2.24) is 0 Å². The molecule has 0 amide bonds. The Kier molecular flexibility index (Phi) is 1.31. The molecule has 1 atom stereocenters. The molecule has 0 aromatic heterocycles. The lowest BCUT2D eigenvalue weighted by atomic mass is 9.69. The molecule has 1 unspecified atom stereocenters. The van der Waals surface area contributed by atoms with E-state index in [1.54, 1.807) is 0 Å². The minimum Gasteiger partial charge on any atom is -0.463 e. The first-order chi connectivity index (χ1) is 5.26. The molecule has 1 spiro atoms. The van der Waals surface area contributed by atoms with Gasteiger partial charge in [0.05, 0.1) is 0 Å². The Morgan fingerprint density at radius 3 is 2.64 bits per heavy atom. The molecule has 0 N–H and O–H groups in total. The fourth-order valence-electron chi connectivity index (χ4n) is 1.91. The van der Waals surface area contributed by atoms with Gasteiger partial charge in [0.15, 0.2) is 0 Å². The quantitative estimate of drug-likeness (QED) is 0.390. The van der Waals surface area contributed by atoms with Crippen LogP contribution < -0.4 is 0 Å². The second-order valence-corrected chi connectivity index (χ2v) is 3.47. The summed E-state index contributed by atoms with van der Waals surface area (Å²) in [6, 6.07) is 0. The van der Waals surface area contributed by atoms with Crippen molar-refractivity contribution in [3.63, 3.8) is 0 Å². The monoisotopic (exact) mass is 152 g/mol. The molecule has 0 aromatic rings. The highest BCUT2D eigenvalue weighted by atomic mass is 16.6. The first-order valence-electron chi connectivity index (χ1n) is 4.11. The van der Waals surface area contributed by atoms with Crippen molar-refractivity contribution in [2.45, 2.75) is 25.7 Å². The van der Waals surface area contributed by atoms with Gasteiger partial charge in [-0.3, -0.25) is 4.79 Å². The Bertz CT molecular complexity index is 220. The molecule has 1 heterocycles. The summed E-state index contributed by atoms with van der Waals surface area (Å²) in [6.45, 7) is 4.53. The van der Waals surface area contributed by atoms with Crippen molar-refractivity contribution in [3.8, 4) is 0 Å². The van der Waals surface area contributed by atoms with E-state index in [-0.39, 0.29) is 11.4 Å². The summed E-state index contributed by atoms with van der Waals surface area (Å²) in [7, 11) is 0. The third-order valence-corrected chi connectivity index (χ3v) is 2.85. The van der Waals surface area contributed by atoms with E-state index in [9.17, 15) is 4.79 Å². The second-order valence-electron chi connectivity index (χ2n) is 3.47. The average molecular weight is 152 g/mol. The van der Waals surface area contributed by atoms with Crippen molar-refractivity contribution >= 4 is 5.97 Å². The first kappa shape index (κ1) is 6.89. The third kappa shape index (κ3) is 0.753. The van der Waals surface area contributed by atoms with Crippen LogP contribution in [-0.4, -0.2) is 12.6 Å². The minimum atomic E-state index is -0.238. The number of hydrogen-bond donors (Lipinski definition) is 0. The summed E-state index contributed by atoms with van der Waals surface area (Å²) in [5, 5.41) is 0. The number of ether oxygens (including phenoxy) is 1. The molecule has 2 nitrogen and oxygen atoms in total. The molecule has 1 saturated heterocycles. The van der Waals surface area contributed by atoms with E-state index >= 15 is 0 Å². The second kappa shape index (κ2) is 2.10. The highest BCUT2D eigenvalue weighted by molar-refractivity contribution is 5.85. The molecule has 1 aliphatic heterocycles. The maximum Gasteiger partial charge on any atom is 0.319 e. The van der Waals surface area contributed by atoms with Gasteiger partial charge in [-0.2, -0.15) is 0 Å². The Morgan fingerprint density at radius 1 is 1.45 bits per heavy atom. The van der Waals surface area contributed by atoms with E-state index in [0.29, 0.717) is 6.61 Å². The van der Waals surface area contributed by atoms with Crippen molar-refractivity contribution in [3.05, 3.63) is 12.2 Å². The Balaban J connectivity index is 2.21. The minimum absolute atomic E-state index is 0.0396. The van der Waals surface area contributed by atoms with Crippen LogP contribution in [0.5, 0.6) is 0 Å². The molecular formula is C9H12O2. The van der Waals surface area contributed by atoms with Crippen LogP contribution in [0.3, 0.4) is 0 Å². The van der Waals surface area contributed by atoms with Gasteiger partial charge in [0.2, 0.25) is 0 Å². The number of cyclic esters (lactones) is 1. The van der Waals surface area contributed by atoms with E-state index in [2.05, 4.69) is 6.58 Å². The Hall–Kier alpha value is -0.790. The first-order valence-corrected chi connectivity index (χ1v) is 4.11. The highest BCUT2D eigenvalue weighted by Crippen LogP contribution is 2.46. The number of carbonyl (C=O) groups excluding carboxylic acids is 1. The van der Waals surface area contributed by atoms with Crippen LogP contribution >= 0.6 is 0 Å². The lowest BCUT2D eigenvalue weighted by Gasteiger charge is -2.43. The summed E-state index contributed by atoms with van der Waals surface area (Å²) in [4.78, 5) is 11.1. The largest absolute Gasteiger partial charge is 0.463 e. The van der Waals surface area contributed by atoms with Crippen LogP contribution in [0.1, 0.15) is 25.7 Å². The van der Waals surface area contributed by atoms with Gasteiger partial charge in [-0.05, 0) is 19.3 Å². The van der Waals surface area contributed by atoms with Crippen LogP contribution in [0.15, 0.2) is 12.2 Å². The zero-order valence-electron chi connectivity index (χ0n) is 6.56. The molecule has 2 heteroatoms. The molecule has 11 heavy (non-hydrogen) atoms. The molecule has 1 aliphatic carbocycles. The molecule has 1 saturated carbocycles. The van der Waals surface area contributed by atoms with E-state index < -0.39 is 0 Å². The normalized spacial score (nSPS) is 36.7. The number of hydrogen-bond acceptors (Lipinski definition) is 2. The van der Waals surface area contributed by atoms with Gasteiger partial charge in [0, 0.05) is 0 Å². The summed E-state index contributed by atoms with van der Waals surface area (Å²) >= 11 is 0. The predicted octanol–water partition coefficient (Wildman–Crippen LogP) is 1.66. The smallest absolute Gasteiger partial charge is 0.319 e. The summed E-state index contributed by atoms with van der Waals surface area (Å²) in [5.74, 6) is -0.0396. The molecular weight excluding hydrogens is 140 g/mol. The maximum atomic E-state index is 11.1. The topological polar surface area (TPSA) is 26.3 Å². The molecule has 2 rings (SSSR count). The van der Waals surface area contributed by atoms with Crippen molar-refractivity contribution in [2.75, 3.05) is 6.61 Å². The van der Waals surface area contributed by atoms with Gasteiger partial charge in [-0.1, -0.05) is 18.6 Å². The summed E-state index contributed by atoms with van der Waals surface area (Å²) in [6.07, 6.45) is 4.31. The number of carbonyl (C=O) groups is 1. The van der Waals surface area contributed by atoms with Crippen molar-refractivity contribution in [2.24, 2.45) is 5.41 Å². The van der Waals surface area contributed by atoms with Gasteiger partial charge in [0.25, 0.3) is 0 Å². The summed E-state index contributed by atoms with van der Waals surface area (Å²) < 4.78 is 4.79. The highest BCUT2D eigenvalue weighted by Gasteiger charge is 2.51. The SMILES string of the molecule is C=C1CCCCC12COC2=O. The Morgan fingerprint density at radius 2 is 2.27 bits per heavy atom. The molecule has 0 radical (unpaired) electrons. The van der Waals surface area contributed by atoms with Gasteiger partial charge >= 0.3 is 5.97 Å². The van der Waals surface area contributed by atoms with Crippen molar-refractivity contribution < 1.29 is 9.53 Å². The van der Waals surface area contributed by atoms with Gasteiger partial charge in [-0.25, -0.2) is 0 Å². The zero-order valence-corrected chi connectivity index (χ0v) is 6.56. The molecule has 0 aromatic carbocycles. The van der Waals surface area contributed by atoms with Gasteiger partial charge in [-0.15, -0.1) is 0 Å². The van der Waals surface area contributed by atoms with Crippen LogP contribution in [0.2, 0.25) is 0 Å². The van der Waals surface area contributed by atoms with Crippen LogP contribution in [0.4, 0.5) is 0 Å². The molecule has 0 bridgehead atoms. The Labute approximate surface area is 66.2 Å². The molecule has 2 aliphatic rings. The standard InChI is InChI=1S/C9H12O2/c1-7-4-2-3-5-9(7)6-11-8(9)10/h1-6H2. The van der Waals surface area contributed by atoms with Gasteiger partial charge < -0.3 is 4.74 Å². The van der Waals surface area contributed by atoms with Crippen LogP contribution in [-0.2, 0) is 9.53 Å². The summed E-state index contributed by atoms with van der Waals surface area (Å²) in [5.41, 5.74) is 0.859. The van der Waals surface area contributed by atoms with Crippen LogP contribution in [0, 0.1) is 5.41 Å². The molecule has 60 valence electrons. The van der Waals surface area contributed by atoms with Crippen molar-refractivity contribution in [1.29, 1.82) is 0 Å². The van der Waals surface area contributed by atoms with E-state index in [4.69, 9.17) is 4.74 Å². The third-order valence-electron chi connectivity index (χ3n) is 2.85. The van der Waals surface area contributed by atoms with Gasteiger partial charge in [0.1, 0.15) is 12.0 Å². The average Bonchev–Trinajstić information content (AvgIpc) is 2.03. The lowest BCUT2D eigenvalue weighted by molar-refractivity contribution is -0.182. The molecule has 2 fully saturated rings. The van der Waals surface area contributed by atoms with E-state index in [0.717, 1.165) is 24.8 Å². The van der Waals surface area contributed by atoms with Crippen LogP contribution in [0.25, 0.3) is 0 Å². The zero-order chi connectivity index (χ0) is 7.90. The maximum absolute atomic E-state index is 11.1. The van der Waals surface area contributed by atoms with E-state index in [1.807, 2.05) is 0 Å². The van der Waals surface area contributed by atoms with E-state index in [1.165, 1.54) is 6.42 Å². The lowest BCUT2D eigenvalue weighted by Crippen LogP contribution is -2.50.